The Bertz CT molecular complexity index is 350. The summed E-state index contributed by atoms with van der Waals surface area (Å²) in [5.74, 6) is 2.53. The van der Waals surface area contributed by atoms with Gasteiger partial charge in [0, 0.05) is 30.2 Å². The molecule has 0 spiro atoms. The molecule has 1 aromatic heterocycles. The SMILES string of the molecule is CC(NC1CSCCC1(C)C)c1ccncc1. The molecule has 2 nitrogen and oxygen atoms in total. The van der Waals surface area contributed by atoms with Gasteiger partial charge < -0.3 is 5.32 Å². The van der Waals surface area contributed by atoms with Crippen molar-refractivity contribution in [3.05, 3.63) is 30.1 Å². The van der Waals surface area contributed by atoms with Crippen LogP contribution in [0.5, 0.6) is 0 Å². The van der Waals surface area contributed by atoms with Gasteiger partial charge in [-0.15, -0.1) is 0 Å². The molecule has 0 amide bonds. The molecular formula is C14H22N2S. The molecule has 0 saturated carbocycles. The lowest BCUT2D eigenvalue weighted by Gasteiger charge is -2.40. The van der Waals surface area contributed by atoms with Crippen LogP contribution < -0.4 is 5.32 Å². The maximum atomic E-state index is 4.07. The molecule has 1 fully saturated rings. The summed E-state index contributed by atoms with van der Waals surface area (Å²) in [7, 11) is 0. The van der Waals surface area contributed by atoms with Crippen LogP contribution in [0, 0.1) is 5.41 Å². The van der Waals surface area contributed by atoms with E-state index in [1.165, 1.54) is 23.5 Å². The van der Waals surface area contributed by atoms with Crippen molar-refractivity contribution in [2.24, 2.45) is 5.41 Å². The van der Waals surface area contributed by atoms with E-state index in [4.69, 9.17) is 0 Å². The van der Waals surface area contributed by atoms with E-state index in [2.05, 4.69) is 55.0 Å². The Hall–Kier alpha value is -0.540. The Morgan fingerprint density at radius 2 is 2.12 bits per heavy atom. The quantitative estimate of drug-likeness (QED) is 0.891. The third-order valence-electron chi connectivity index (χ3n) is 3.78. The molecule has 2 atom stereocenters. The van der Waals surface area contributed by atoms with Crippen LogP contribution in [0.1, 0.15) is 38.8 Å². The topological polar surface area (TPSA) is 24.9 Å². The lowest BCUT2D eigenvalue weighted by molar-refractivity contribution is 0.232. The first-order valence-corrected chi connectivity index (χ1v) is 7.49. The Labute approximate surface area is 109 Å². The third kappa shape index (κ3) is 3.23. The van der Waals surface area contributed by atoms with Crippen LogP contribution in [-0.2, 0) is 0 Å². The van der Waals surface area contributed by atoms with E-state index < -0.39 is 0 Å². The van der Waals surface area contributed by atoms with Gasteiger partial charge in [-0.1, -0.05) is 13.8 Å². The number of hydrogen-bond acceptors (Lipinski definition) is 3. The summed E-state index contributed by atoms with van der Waals surface area (Å²) in [6.07, 6.45) is 5.04. The van der Waals surface area contributed by atoms with Gasteiger partial charge in [-0.2, -0.15) is 11.8 Å². The maximum absolute atomic E-state index is 4.07. The molecule has 2 unspecified atom stereocenters. The Morgan fingerprint density at radius 1 is 1.41 bits per heavy atom. The Kier molecular flexibility index (Phi) is 4.10. The molecule has 0 aromatic carbocycles. The molecule has 2 rings (SSSR count). The first-order valence-electron chi connectivity index (χ1n) is 6.33. The van der Waals surface area contributed by atoms with Crippen molar-refractivity contribution in [1.82, 2.24) is 10.3 Å². The summed E-state index contributed by atoms with van der Waals surface area (Å²) in [5.41, 5.74) is 1.73. The lowest BCUT2D eigenvalue weighted by Crippen LogP contribution is -2.47. The van der Waals surface area contributed by atoms with Gasteiger partial charge in [0.15, 0.2) is 0 Å². The van der Waals surface area contributed by atoms with Crippen molar-refractivity contribution in [2.75, 3.05) is 11.5 Å². The van der Waals surface area contributed by atoms with Gasteiger partial charge in [0.1, 0.15) is 0 Å². The summed E-state index contributed by atoms with van der Waals surface area (Å²) in [4.78, 5) is 4.07. The van der Waals surface area contributed by atoms with E-state index in [0.717, 1.165) is 0 Å². The van der Waals surface area contributed by atoms with Crippen molar-refractivity contribution in [3.63, 3.8) is 0 Å². The minimum absolute atomic E-state index is 0.404. The highest BCUT2D eigenvalue weighted by atomic mass is 32.2. The summed E-state index contributed by atoms with van der Waals surface area (Å²) in [6.45, 7) is 7.00. The first kappa shape index (κ1) is 12.9. The molecule has 3 heteroatoms. The van der Waals surface area contributed by atoms with Crippen molar-refractivity contribution < 1.29 is 0 Å². The second-order valence-electron chi connectivity index (χ2n) is 5.53. The largest absolute Gasteiger partial charge is 0.306 e. The van der Waals surface area contributed by atoms with Crippen molar-refractivity contribution in [1.29, 1.82) is 0 Å². The molecule has 1 N–H and O–H groups in total. The fourth-order valence-electron chi connectivity index (χ4n) is 2.26. The number of rotatable bonds is 3. The van der Waals surface area contributed by atoms with Gasteiger partial charge in [-0.25, -0.2) is 0 Å². The van der Waals surface area contributed by atoms with Crippen molar-refractivity contribution in [3.8, 4) is 0 Å². The predicted octanol–water partition coefficient (Wildman–Crippen LogP) is 3.26. The molecule has 17 heavy (non-hydrogen) atoms. The molecule has 0 bridgehead atoms. The van der Waals surface area contributed by atoms with E-state index in [0.29, 0.717) is 17.5 Å². The highest BCUT2D eigenvalue weighted by Crippen LogP contribution is 2.35. The maximum Gasteiger partial charge on any atom is 0.0296 e. The second kappa shape index (κ2) is 5.40. The highest BCUT2D eigenvalue weighted by Gasteiger charge is 2.33. The van der Waals surface area contributed by atoms with Crippen LogP contribution in [0.15, 0.2) is 24.5 Å². The fraction of sp³-hybridized carbons (Fsp3) is 0.643. The van der Waals surface area contributed by atoms with Crippen LogP contribution in [0.3, 0.4) is 0 Å². The average molecular weight is 250 g/mol. The van der Waals surface area contributed by atoms with Gasteiger partial charge >= 0.3 is 0 Å². The van der Waals surface area contributed by atoms with Gasteiger partial charge in [0.05, 0.1) is 0 Å². The van der Waals surface area contributed by atoms with Crippen molar-refractivity contribution in [2.45, 2.75) is 39.3 Å². The van der Waals surface area contributed by atoms with E-state index in [-0.39, 0.29) is 0 Å². The molecule has 1 aliphatic heterocycles. The smallest absolute Gasteiger partial charge is 0.0296 e. The zero-order valence-electron chi connectivity index (χ0n) is 10.9. The van der Waals surface area contributed by atoms with E-state index in [1.54, 1.807) is 0 Å². The fourth-order valence-corrected chi connectivity index (χ4v) is 3.88. The second-order valence-corrected chi connectivity index (χ2v) is 6.68. The summed E-state index contributed by atoms with van der Waals surface area (Å²) < 4.78 is 0. The summed E-state index contributed by atoms with van der Waals surface area (Å²) in [5, 5.41) is 3.78. The van der Waals surface area contributed by atoms with Gasteiger partial charge in [-0.05, 0) is 42.2 Å². The Balaban J connectivity index is 2.00. The van der Waals surface area contributed by atoms with E-state index in [1.807, 2.05) is 12.4 Å². The van der Waals surface area contributed by atoms with Crippen LogP contribution in [0.4, 0.5) is 0 Å². The zero-order chi connectivity index (χ0) is 12.3. The molecule has 1 saturated heterocycles. The number of aromatic nitrogens is 1. The lowest BCUT2D eigenvalue weighted by atomic mass is 9.82. The van der Waals surface area contributed by atoms with Crippen LogP contribution in [0.2, 0.25) is 0 Å². The molecule has 0 aliphatic carbocycles. The zero-order valence-corrected chi connectivity index (χ0v) is 11.8. The standard InChI is InChI=1S/C14H22N2S/c1-11(12-4-7-15-8-5-12)16-13-10-17-9-6-14(13,2)3/h4-5,7-8,11,13,16H,6,9-10H2,1-3H3. The normalized spacial score (nSPS) is 25.5. The first-order chi connectivity index (χ1) is 8.09. The van der Waals surface area contributed by atoms with Gasteiger partial charge in [-0.3, -0.25) is 4.98 Å². The molecule has 1 aliphatic rings. The third-order valence-corrected chi connectivity index (χ3v) is 4.84. The molecule has 94 valence electrons. The molecule has 1 aromatic rings. The number of nitrogens with one attached hydrogen (secondary N) is 1. The molecule has 2 heterocycles. The molecular weight excluding hydrogens is 228 g/mol. The van der Waals surface area contributed by atoms with E-state index in [9.17, 15) is 0 Å². The van der Waals surface area contributed by atoms with Gasteiger partial charge in [0.2, 0.25) is 0 Å². The number of hydrogen-bond donors (Lipinski definition) is 1. The average Bonchev–Trinajstić information content (AvgIpc) is 2.33. The van der Waals surface area contributed by atoms with Crippen LogP contribution in [0.25, 0.3) is 0 Å². The van der Waals surface area contributed by atoms with Crippen LogP contribution in [-0.4, -0.2) is 22.5 Å². The Morgan fingerprint density at radius 3 is 2.76 bits per heavy atom. The monoisotopic (exact) mass is 250 g/mol. The minimum Gasteiger partial charge on any atom is -0.306 e. The summed E-state index contributed by atoms with van der Waals surface area (Å²) >= 11 is 2.07. The summed E-state index contributed by atoms with van der Waals surface area (Å²) in [6, 6.07) is 5.20. The number of pyridine rings is 1. The number of thioether (sulfide) groups is 1. The van der Waals surface area contributed by atoms with Crippen LogP contribution >= 0.6 is 11.8 Å². The highest BCUT2D eigenvalue weighted by molar-refractivity contribution is 7.99. The van der Waals surface area contributed by atoms with Crippen molar-refractivity contribution >= 4 is 11.8 Å². The van der Waals surface area contributed by atoms with E-state index >= 15 is 0 Å². The minimum atomic E-state index is 0.404. The predicted molar refractivity (Wildman–Crippen MR) is 75.3 cm³/mol. The molecule has 0 radical (unpaired) electrons. The number of nitrogens with zero attached hydrogens (tertiary/aromatic N) is 1. The van der Waals surface area contributed by atoms with Gasteiger partial charge in [0.25, 0.3) is 0 Å².